The first-order valence-electron chi connectivity index (χ1n) is 10.2. The summed E-state index contributed by atoms with van der Waals surface area (Å²) in [6.07, 6.45) is 0. The highest BCUT2D eigenvalue weighted by molar-refractivity contribution is 14.0. The molecule has 1 amide bonds. The van der Waals surface area contributed by atoms with Gasteiger partial charge >= 0.3 is 0 Å². The second-order valence-electron chi connectivity index (χ2n) is 7.36. The lowest BCUT2D eigenvalue weighted by atomic mass is 10.1. The zero-order valence-corrected chi connectivity index (χ0v) is 20.1. The molecule has 0 unspecified atom stereocenters. The average molecular weight is 533 g/mol. The Bertz CT molecular complexity index is 1060. The number of anilines is 1. The number of nitrogens with one attached hydrogen (secondary N) is 3. The van der Waals surface area contributed by atoms with Gasteiger partial charge in [0.2, 0.25) is 5.91 Å². The van der Waals surface area contributed by atoms with Crippen LogP contribution >= 0.6 is 24.0 Å². The van der Waals surface area contributed by atoms with Crippen LogP contribution in [0.3, 0.4) is 0 Å². The molecule has 1 aromatic heterocycles. The summed E-state index contributed by atoms with van der Waals surface area (Å²) >= 11 is 0. The number of benzene rings is 2. The number of nitrogens with zero attached hydrogens (tertiary/aromatic N) is 2. The van der Waals surface area contributed by atoms with E-state index >= 15 is 0 Å². The number of hydrogen-bond acceptors (Lipinski definition) is 4. The molecule has 2 heterocycles. The molecule has 1 aliphatic rings. The van der Waals surface area contributed by atoms with Crippen LogP contribution in [-0.2, 0) is 17.9 Å². The van der Waals surface area contributed by atoms with Gasteiger partial charge in [0.05, 0.1) is 13.1 Å². The highest BCUT2D eigenvalue weighted by Gasteiger charge is 2.16. The average Bonchev–Trinajstić information content (AvgIpc) is 3.10. The number of aliphatic imine (C=N–C) groups is 1. The second kappa shape index (κ2) is 10.5. The highest BCUT2D eigenvalue weighted by atomic mass is 127. The largest absolute Gasteiger partial charge is 0.459 e. The summed E-state index contributed by atoms with van der Waals surface area (Å²) < 4.78 is 5.96. The first-order valence-corrected chi connectivity index (χ1v) is 10.2. The summed E-state index contributed by atoms with van der Waals surface area (Å²) in [5.41, 5.74) is 4.26. The Morgan fingerprint density at radius 1 is 1.13 bits per heavy atom. The van der Waals surface area contributed by atoms with Crippen LogP contribution in [-0.4, -0.2) is 38.5 Å². The number of furan rings is 1. The molecule has 7 nitrogen and oxygen atoms in total. The Morgan fingerprint density at radius 2 is 1.87 bits per heavy atom. The predicted molar refractivity (Wildman–Crippen MR) is 135 cm³/mol. The summed E-state index contributed by atoms with van der Waals surface area (Å²) in [4.78, 5) is 18.0. The van der Waals surface area contributed by atoms with Crippen molar-refractivity contribution in [3.05, 3.63) is 65.4 Å². The van der Waals surface area contributed by atoms with Gasteiger partial charge in [-0.05, 0) is 30.7 Å². The van der Waals surface area contributed by atoms with E-state index in [0.29, 0.717) is 32.1 Å². The van der Waals surface area contributed by atoms with Crippen LogP contribution in [0.5, 0.6) is 0 Å². The quantitative estimate of drug-likeness (QED) is 0.267. The number of amides is 1. The van der Waals surface area contributed by atoms with Crippen molar-refractivity contribution in [3.8, 4) is 0 Å². The third kappa shape index (κ3) is 5.49. The summed E-state index contributed by atoms with van der Waals surface area (Å²) in [6.45, 7) is 5.23. The minimum atomic E-state index is 0. The van der Waals surface area contributed by atoms with E-state index in [4.69, 9.17) is 4.42 Å². The number of para-hydroxylation sites is 1. The number of carbonyl (C=O) groups excluding carboxylic acids is 1. The number of guanidine groups is 1. The van der Waals surface area contributed by atoms with Gasteiger partial charge in [-0.1, -0.05) is 30.3 Å². The van der Waals surface area contributed by atoms with Crippen molar-refractivity contribution in [1.29, 1.82) is 0 Å². The van der Waals surface area contributed by atoms with Crippen LogP contribution in [0.4, 0.5) is 5.69 Å². The fourth-order valence-electron chi connectivity index (χ4n) is 3.65. The Balaban J connectivity index is 0.00000272. The molecule has 0 aliphatic carbocycles. The lowest BCUT2D eigenvalue weighted by Crippen LogP contribution is -2.47. The monoisotopic (exact) mass is 533 g/mol. The van der Waals surface area contributed by atoms with Crippen LogP contribution in [0.2, 0.25) is 0 Å². The molecule has 0 spiro atoms. The number of fused-ring (bicyclic) bond motifs is 1. The molecular weight excluding hydrogens is 505 g/mol. The summed E-state index contributed by atoms with van der Waals surface area (Å²) in [5, 5.41) is 10.6. The molecule has 2 aromatic carbocycles. The highest BCUT2D eigenvalue weighted by Crippen LogP contribution is 2.24. The maximum Gasteiger partial charge on any atom is 0.239 e. The van der Waals surface area contributed by atoms with E-state index in [1.807, 2.05) is 18.2 Å². The summed E-state index contributed by atoms with van der Waals surface area (Å²) in [5.74, 6) is 1.70. The molecule has 1 fully saturated rings. The van der Waals surface area contributed by atoms with Gasteiger partial charge in [0, 0.05) is 43.3 Å². The number of hydrogen-bond donors (Lipinski definition) is 3. The molecule has 0 saturated carbocycles. The zero-order chi connectivity index (χ0) is 20.9. The van der Waals surface area contributed by atoms with Crippen LogP contribution in [0, 0.1) is 6.92 Å². The van der Waals surface area contributed by atoms with Crippen molar-refractivity contribution in [1.82, 2.24) is 16.0 Å². The fraction of sp³-hybridized carbons (Fsp3) is 0.304. The first kappa shape index (κ1) is 22.9. The Kier molecular flexibility index (Phi) is 7.78. The molecule has 3 aromatic rings. The van der Waals surface area contributed by atoms with E-state index < -0.39 is 0 Å². The molecule has 31 heavy (non-hydrogen) atoms. The second-order valence-corrected chi connectivity index (χ2v) is 7.36. The number of halogens is 1. The lowest BCUT2D eigenvalue weighted by Gasteiger charge is -2.28. The van der Waals surface area contributed by atoms with Crippen molar-refractivity contribution in [2.45, 2.75) is 20.0 Å². The molecule has 0 radical (unpaired) electrons. The Hall–Kier alpha value is -2.75. The van der Waals surface area contributed by atoms with E-state index in [9.17, 15) is 4.79 Å². The lowest BCUT2D eigenvalue weighted by molar-refractivity contribution is -0.120. The van der Waals surface area contributed by atoms with Gasteiger partial charge in [-0.3, -0.25) is 9.79 Å². The zero-order valence-electron chi connectivity index (χ0n) is 17.8. The van der Waals surface area contributed by atoms with Crippen molar-refractivity contribution in [3.63, 3.8) is 0 Å². The van der Waals surface area contributed by atoms with E-state index in [0.717, 1.165) is 40.1 Å². The van der Waals surface area contributed by atoms with E-state index in [-0.39, 0.29) is 29.9 Å². The van der Waals surface area contributed by atoms with Gasteiger partial charge in [-0.15, -0.1) is 24.0 Å². The van der Waals surface area contributed by atoms with E-state index in [1.54, 1.807) is 7.05 Å². The molecule has 0 bridgehead atoms. The molecule has 0 atom stereocenters. The molecule has 164 valence electrons. The number of piperazine rings is 1. The van der Waals surface area contributed by atoms with Crippen LogP contribution in [0.25, 0.3) is 11.0 Å². The SMILES string of the molecule is CN=C(NCc1ccc(N2CCNC(=O)C2)cc1)NCc1oc2ccccc2c1C.I. The van der Waals surface area contributed by atoms with Crippen molar-refractivity contribution in [2.24, 2.45) is 4.99 Å². The predicted octanol–water partition coefficient (Wildman–Crippen LogP) is 3.16. The minimum Gasteiger partial charge on any atom is -0.459 e. The van der Waals surface area contributed by atoms with Crippen LogP contribution in [0.15, 0.2) is 57.9 Å². The molecule has 3 N–H and O–H groups in total. The fourth-order valence-corrected chi connectivity index (χ4v) is 3.65. The maximum absolute atomic E-state index is 11.6. The number of carbonyl (C=O) groups is 1. The normalized spacial score (nSPS) is 14.2. The van der Waals surface area contributed by atoms with Crippen molar-refractivity contribution in [2.75, 3.05) is 31.6 Å². The van der Waals surface area contributed by atoms with Crippen molar-refractivity contribution < 1.29 is 9.21 Å². The van der Waals surface area contributed by atoms with Gasteiger partial charge in [0.1, 0.15) is 11.3 Å². The van der Waals surface area contributed by atoms with Crippen LogP contribution in [0.1, 0.15) is 16.9 Å². The number of aryl methyl sites for hydroxylation is 1. The number of rotatable bonds is 5. The van der Waals surface area contributed by atoms with Gasteiger partial charge in [-0.2, -0.15) is 0 Å². The molecule has 8 heteroatoms. The standard InChI is InChI=1S/C23H27N5O2.HI/c1-16-19-5-3-4-6-20(19)30-21(16)14-27-23(24-2)26-13-17-7-9-18(10-8-17)28-12-11-25-22(29)15-28;/h3-10H,11-15H2,1-2H3,(H,25,29)(H2,24,26,27);1H. The maximum atomic E-state index is 11.6. The van der Waals surface area contributed by atoms with Gasteiger partial charge in [0.15, 0.2) is 5.96 Å². The molecular formula is C23H28IN5O2. The molecule has 1 aliphatic heterocycles. The third-order valence-electron chi connectivity index (χ3n) is 5.38. The Labute approximate surface area is 199 Å². The summed E-state index contributed by atoms with van der Waals surface area (Å²) in [6, 6.07) is 16.3. The van der Waals surface area contributed by atoms with Crippen molar-refractivity contribution >= 4 is 52.5 Å². The molecule has 4 rings (SSSR count). The van der Waals surface area contributed by atoms with E-state index in [1.165, 1.54) is 0 Å². The van der Waals surface area contributed by atoms with E-state index in [2.05, 4.69) is 63.1 Å². The summed E-state index contributed by atoms with van der Waals surface area (Å²) in [7, 11) is 1.76. The van der Waals surface area contributed by atoms with Gasteiger partial charge < -0.3 is 25.3 Å². The molecule has 1 saturated heterocycles. The third-order valence-corrected chi connectivity index (χ3v) is 5.38. The first-order chi connectivity index (χ1) is 14.6. The van der Waals surface area contributed by atoms with Gasteiger partial charge in [0.25, 0.3) is 0 Å². The topological polar surface area (TPSA) is 81.9 Å². The van der Waals surface area contributed by atoms with Gasteiger partial charge in [-0.25, -0.2) is 0 Å². The minimum absolute atomic E-state index is 0. The Morgan fingerprint density at radius 3 is 2.58 bits per heavy atom. The van der Waals surface area contributed by atoms with Crippen LogP contribution < -0.4 is 20.9 Å². The smallest absolute Gasteiger partial charge is 0.239 e.